The van der Waals surface area contributed by atoms with Crippen molar-refractivity contribution in [2.75, 3.05) is 58.4 Å². The van der Waals surface area contributed by atoms with Crippen molar-refractivity contribution in [1.29, 1.82) is 0 Å². The van der Waals surface area contributed by atoms with Gasteiger partial charge in [-0.05, 0) is 38.2 Å². The zero-order valence-corrected chi connectivity index (χ0v) is 14.4. The van der Waals surface area contributed by atoms with Crippen LogP contribution < -0.4 is 10.2 Å². The smallest absolute Gasteiger partial charge is 0.243 e. The summed E-state index contributed by atoms with van der Waals surface area (Å²) in [6, 6.07) is 5.29. The summed E-state index contributed by atoms with van der Waals surface area (Å²) in [4.78, 5) is 15.6. The van der Waals surface area contributed by atoms with E-state index < -0.39 is 0 Å². The van der Waals surface area contributed by atoms with Gasteiger partial charge in [0, 0.05) is 32.3 Å². The van der Waals surface area contributed by atoms with Gasteiger partial charge in [-0.2, -0.15) is 0 Å². The highest BCUT2D eigenvalue weighted by Crippen LogP contribution is 2.21. The number of hydrogen-bond acceptors (Lipinski definition) is 4. The summed E-state index contributed by atoms with van der Waals surface area (Å²) in [6.07, 6.45) is 3.95. The topological polar surface area (TPSA) is 44.8 Å². The number of amides is 1. The number of morpholine rings is 1. The molecule has 1 aliphatic heterocycles. The molecule has 0 bridgehead atoms. The lowest BCUT2D eigenvalue weighted by molar-refractivity contribution is -0.116. The summed E-state index contributed by atoms with van der Waals surface area (Å²) < 4.78 is 19.6. The fraction of sp³-hybridized carbons (Fsp3) is 0.500. The molecule has 0 saturated carbocycles. The molecule has 1 aromatic carbocycles. The highest BCUT2D eigenvalue weighted by atomic mass is 19.1. The molecular formula is C18H26FN3O2. The van der Waals surface area contributed by atoms with Gasteiger partial charge in [0.05, 0.1) is 18.9 Å². The van der Waals surface area contributed by atoms with Gasteiger partial charge >= 0.3 is 0 Å². The minimum Gasteiger partial charge on any atom is -0.378 e. The molecule has 1 fully saturated rings. The Morgan fingerprint density at radius 3 is 2.79 bits per heavy atom. The van der Waals surface area contributed by atoms with Crippen LogP contribution >= 0.6 is 0 Å². The fourth-order valence-electron chi connectivity index (χ4n) is 2.53. The van der Waals surface area contributed by atoms with Gasteiger partial charge in [-0.3, -0.25) is 4.79 Å². The second kappa shape index (κ2) is 9.39. The minimum absolute atomic E-state index is 0.123. The highest BCUT2D eigenvalue weighted by Gasteiger charge is 2.15. The zero-order valence-electron chi connectivity index (χ0n) is 14.4. The second-order valence-electron chi connectivity index (χ2n) is 6.09. The van der Waals surface area contributed by atoms with E-state index >= 15 is 0 Å². The first-order valence-electron chi connectivity index (χ1n) is 8.26. The number of hydrogen-bond donors (Lipinski definition) is 1. The average Bonchev–Trinajstić information content (AvgIpc) is 2.55. The van der Waals surface area contributed by atoms with Crippen molar-refractivity contribution in [3.05, 3.63) is 41.7 Å². The van der Waals surface area contributed by atoms with Crippen molar-refractivity contribution in [3.8, 4) is 0 Å². The van der Waals surface area contributed by atoms with E-state index in [1.165, 1.54) is 6.08 Å². The van der Waals surface area contributed by atoms with Gasteiger partial charge in [-0.15, -0.1) is 0 Å². The third-order valence-electron chi connectivity index (χ3n) is 3.82. The molecule has 1 N–H and O–H groups in total. The Kier molecular flexibility index (Phi) is 7.21. The number of ether oxygens (including phenoxy) is 1. The van der Waals surface area contributed by atoms with Gasteiger partial charge in [0.15, 0.2) is 0 Å². The lowest BCUT2D eigenvalue weighted by Gasteiger charge is -2.29. The molecule has 1 saturated heterocycles. The molecule has 2 rings (SSSR count). The third-order valence-corrected chi connectivity index (χ3v) is 3.82. The molecule has 1 heterocycles. The molecule has 0 atom stereocenters. The number of anilines is 1. The number of nitrogens with one attached hydrogen (secondary N) is 1. The molecule has 0 aromatic heterocycles. The van der Waals surface area contributed by atoms with Gasteiger partial charge < -0.3 is 19.9 Å². The summed E-state index contributed by atoms with van der Waals surface area (Å²) in [5, 5.41) is 2.81. The number of carbonyl (C=O) groups is 1. The van der Waals surface area contributed by atoms with Crippen molar-refractivity contribution in [2.24, 2.45) is 0 Å². The van der Waals surface area contributed by atoms with Gasteiger partial charge in [0.2, 0.25) is 5.91 Å². The van der Waals surface area contributed by atoms with E-state index in [0.29, 0.717) is 45.0 Å². The Bertz CT molecular complexity index is 569. The Hall–Kier alpha value is -1.92. The van der Waals surface area contributed by atoms with Crippen molar-refractivity contribution in [2.45, 2.75) is 6.42 Å². The van der Waals surface area contributed by atoms with Crippen LogP contribution in [0.25, 0.3) is 0 Å². The van der Waals surface area contributed by atoms with Crippen LogP contribution in [0.4, 0.5) is 10.1 Å². The normalized spacial score (nSPS) is 15.2. The molecule has 1 amide bonds. The minimum atomic E-state index is -0.216. The summed E-state index contributed by atoms with van der Waals surface area (Å²) in [5.74, 6) is -0.339. The van der Waals surface area contributed by atoms with E-state index in [1.54, 1.807) is 6.07 Å². The van der Waals surface area contributed by atoms with E-state index in [2.05, 4.69) is 5.32 Å². The summed E-state index contributed by atoms with van der Waals surface area (Å²) in [6.45, 7) is 3.91. The number of rotatable bonds is 7. The Morgan fingerprint density at radius 2 is 2.12 bits per heavy atom. The van der Waals surface area contributed by atoms with Gasteiger partial charge in [0.25, 0.3) is 0 Å². The van der Waals surface area contributed by atoms with Crippen LogP contribution in [0.5, 0.6) is 0 Å². The Morgan fingerprint density at radius 1 is 1.38 bits per heavy atom. The maximum atomic E-state index is 14.3. The van der Waals surface area contributed by atoms with Crippen LogP contribution in [0.2, 0.25) is 0 Å². The maximum Gasteiger partial charge on any atom is 0.243 e. The predicted molar refractivity (Wildman–Crippen MR) is 93.8 cm³/mol. The number of carbonyl (C=O) groups excluding carboxylic acids is 1. The molecule has 6 heteroatoms. The molecule has 0 spiro atoms. The highest BCUT2D eigenvalue weighted by molar-refractivity contribution is 5.87. The standard InChI is InChI=1S/C18H26FN3O2/c1-21(2)9-3-4-18(23)20-8-7-15-5-6-17(16(19)14-15)22-10-12-24-13-11-22/h3-6,14H,7-13H2,1-2H3,(H,20,23)/b4-3+. The molecule has 0 aliphatic carbocycles. The lowest BCUT2D eigenvalue weighted by Crippen LogP contribution is -2.36. The van der Waals surface area contributed by atoms with Crippen LogP contribution in [0, 0.1) is 5.82 Å². The third kappa shape index (κ3) is 5.94. The van der Waals surface area contributed by atoms with Crippen LogP contribution in [-0.2, 0) is 16.0 Å². The van der Waals surface area contributed by atoms with Crippen molar-refractivity contribution in [3.63, 3.8) is 0 Å². The average molecular weight is 335 g/mol. The molecule has 24 heavy (non-hydrogen) atoms. The number of nitrogens with zero attached hydrogens (tertiary/aromatic N) is 2. The monoisotopic (exact) mass is 335 g/mol. The van der Waals surface area contributed by atoms with Crippen molar-refractivity contribution in [1.82, 2.24) is 10.2 Å². The quantitative estimate of drug-likeness (QED) is 0.766. The van der Waals surface area contributed by atoms with Crippen LogP contribution in [-0.4, -0.2) is 64.3 Å². The van der Waals surface area contributed by atoms with Crippen molar-refractivity contribution >= 4 is 11.6 Å². The first-order chi connectivity index (χ1) is 11.6. The summed E-state index contributed by atoms with van der Waals surface area (Å²) in [5.41, 5.74) is 1.50. The first-order valence-corrected chi connectivity index (χ1v) is 8.26. The zero-order chi connectivity index (χ0) is 17.4. The molecule has 5 nitrogen and oxygen atoms in total. The molecule has 0 radical (unpaired) electrons. The van der Waals surface area contributed by atoms with Gasteiger partial charge in [-0.25, -0.2) is 4.39 Å². The number of benzene rings is 1. The predicted octanol–water partition coefficient (Wildman–Crippen LogP) is 1.44. The molecule has 1 aliphatic rings. The van der Waals surface area contributed by atoms with Crippen LogP contribution in [0.15, 0.2) is 30.4 Å². The fourth-order valence-corrected chi connectivity index (χ4v) is 2.53. The summed E-state index contributed by atoms with van der Waals surface area (Å²) in [7, 11) is 3.88. The second-order valence-corrected chi connectivity index (χ2v) is 6.09. The van der Waals surface area contributed by atoms with Gasteiger partial charge in [-0.1, -0.05) is 12.1 Å². The van der Waals surface area contributed by atoms with Crippen molar-refractivity contribution < 1.29 is 13.9 Å². The maximum absolute atomic E-state index is 14.3. The first kappa shape index (κ1) is 18.4. The molecular weight excluding hydrogens is 309 g/mol. The molecule has 132 valence electrons. The Balaban J connectivity index is 1.80. The van der Waals surface area contributed by atoms with E-state index in [4.69, 9.17) is 4.74 Å². The van der Waals surface area contributed by atoms with E-state index in [9.17, 15) is 9.18 Å². The lowest BCUT2D eigenvalue weighted by atomic mass is 10.1. The SMILES string of the molecule is CN(C)C/C=C/C(=O)NCCc1ccc(N2CCOCC2)c(F)c1. The molecule has 1 aromatic rings. The Labute approximate surface area is 143 Å². The van der Waals surface area contributed by atoms with E-state index in [0.717, 1.165) is 12.1 Å². The largest absolute Gasteiger partial charge is 0.378 e. The van der Waals surface area contributed by atoms with E-state index in [1.807, 2.05) is 42.1 Å². The number of likely N-dealkylation sites (N-methyl/N-ethyl adjacent to an activating group) is 1. The van der Waals surface area contributed by atoms with E-state index in [-0.39, 0.29) is 11.7 Å². The number of halogens is 1. The van der Waals surface area contributed by atoms with Crippen LogP contribution in [0.1, 0.15) is 5.56 Å². The summed E-state index contributed by atoms with van der Waals surface area (Å²) >= 11 is 0. The van der Waals surface area contributed by atoms with Crippen LogP contribution in [0.3, 0.4) is 0 Å². The van der Waals surface area contributed by atoms with Gasteiger partial charge in [0.1, 0.15) is 5.82 Å². The molecule has 0 unspecified atom stereocenters.